The summed E-state index contributed by atoms with van der Waals surface area (Å²) in [5.41, 5.74) is 5.50. The molecule has 4 N–H and O–H groups in total. The van der Waals surface area contributed by atoms with E-state index >= 15 is 4.39 Å². The molecule has 0 spiro atoms. The molecule has 4 aromatic rings. The van der Waals surface area contributed by atoms with Gasteiger partial charge >= 0.3 is 6.01 Å². The number of aromatic nitrogens is 2. The van der Waals surface area contributed by atoms with Crippen LogP contribution in [-0.2, 0) is 0 Å². The molecule has 3 saturated heterocycles. The third-order valence-corrected chi connectivity index (χ3v) is 10.3. The molecule has 3 fully saturated rings. The smallest absolute Gasteiger partial charge is 0.320 e. The molecule has 9 nitrogen and oxygen atoms in total. The second kappa shape index (κ2) is 11.2. The van der Waals surface area contributed by atoms with E-state index in [1.807, 2.05) is 6.07 Å². The number of halogens is 4. The molecule has 44 heavy (non-hydrogen) atoms. The minimum atomic E-state index is -0.955. The van der Waals surface area contributed by atoms with E-state index in [1.54, 1.807) is 0 Å². The Hall–Kier alpha value is -3.41. The Morgan fingerprint density at radius 1 is 1.32 bits per heavy atom. The van der Waals surface area contributed by atoms with Gasteiger partial charge in [0.15, 0.2) is 5.82 Å². The summed E-state index contributed by atoms with van der Waals surface area (Å²) in [7, 11) is 0. The average molecular weight is 645 g/mol. The minimum Gasteiger partial charge on any atom is -0.472 e. The Morgan fingerprint density at radius 2 is 2.16 bits per heavy atom. The molecule has 3 aliphatic heterocycles. The first-order valence-electron chi connectivity index (χ1n) is 14.3. The lowest BCUT2D eigenvalue weighted by Crippen LogP contribution is -2.43. The summed E-state index contributed by atoms with van der Waals surface area (Å²) in [5, 5.41) is 22.9. The fourth-order valence-corrected chi connectivity index (χ4v) is 8.12. The van der Waals surface area contributed by atoms with E-state index in [9.17, 15) is 19.1 Å². The number of nitrogen functional groups attached to an aromatic ring is 1. The first kappa shape index (κ1) is 29.3. The van der Waals surface area contributed by atoms with Crippen molar-refractivity contribution in [2.75, 3.05) is 38.6 Å². The fraction of sp³-hybridized carbons (Fsp3) is 0.433. The third-order valence-electron chi connectivity index (χ3n) is 8.94. The van der Waals surface area contributed by atoms with Crippen LogP contribution in [0.2, 0.25) is 5.02 Å². The summed E-state index contributed by atoms with van der Waals surface area (Å²) in [6, 6.07) is 5.70. The molecule has 14 heteroatoms. The molecule has 0 amide bonds. The van der Waals surface area contributed by atoms with Gasteiger partial charge in [0.05, 0.1) is 32.8 Å². The molecule has 3 aliphatic rings. The lowest BCUT2D eigenvalue weighted by Gasteiger charge is -2.30. The van der Waals surface area contributed by atoms with Crippen LogP contribution >= 0.6 is 22.9 Å². The SMILES string of the molecule is N#Cc1c(N)sc2c(F)ccc(-c3c(Cl)cc4c(O[C@@H]5CN[C@@H](CO)C5)nc(OC[C@@]56CCCN5C[C@H](F)C6)nc4c3F)c12. The highest BCUT2D eigenvalue weighted by Gasteiger charge is 2.49. The number of hydrogen-bond donors (Lipinski definition) is 3. The maximum Gasteiger partial charge on any atom is 0.320 e. The Kier molecular flexibility index (Phi) is 7.45. The van der Waals surface area contributed by atoms with E-state index in [-0.39, 0.29) is 85.0 Å². The summed E-state index contributed by atoms with van der Waals surface area (Å²) >= 11 is 7.61. The maximum absolute atomic E-state index is 16.7. The van der Waals surface area contributed by atoms with Crippen molar-refractivity contribution in [1.29, 1.82) is 5.26 Å². The molecule has 4 atom stereocenters. The van der Waals surface area contributed by atoms with Crippen LogP contribution in [0.15, 0.2) is 18.2 Å². The van der Waals surface area contributed by atoms with E-state index in [4.69, 9.17) is 26.8 Å². The zero-order chi connectivity index (χ0) is 30.7. The minimum absolute atomic E-state index is 0.0288. The van der Waals surface area contributed by atoms with Gasteiger partial charge in [-0.15, -0.1) is 11.3 Å². The number of thiophene rings is 1. The first-order valence-corrected chi connectivity index (χ1v) is 15.5. The average Bonchev–Trinajstić information content (AvgIpc) is 3.76. The number of nitriles is 1. The fourth-order valence-electron chi connectivity index (χ4n) is 6.88. The van der Waals surface area contributed by atoms with Gasteiger partial charge in [-0.2, -0.15) is 15.2 Å². The van der Waals surface area contributed by atoms with E-state index in [2.05, 4.69) is 20.2 Å². The van der Waals surface area contributed by atoms with Crippen LogP contribution in [0.5, 0.6) is 11.9 Å². The van der Waals surface area contributed by atoms with Gasteiger partial charge in [-0.25, -0.2) is 13.2 Å². The van der Waals surface area contributed by atoms with E-state index in [0.29, 0.717) is 25.9 Å². The number of ether oxygens (including phenoxy) is 2. The van der Waals surface area contributed by atoms with Crippen LogP contribution in [0.1, 0.15) is 31.2 Å². The topological polar surface area (TPSA) is 130 Å². The van der Waals surface area contributed by atoms with Gasteiger partial charge < -0.3 is 25.6 Å². The molecule has 5 heterocycles. The van der Waals surface area contributed by atoms with Crippen LogP contribution in [-0.4, -0.2) is 76.7 Å². The summed E-state index contributed by atoms with van der Waals surface area (Å²) in [6.45, 7) is 1.60. The van der Waals surface area contributed by atoms with Gasteiger partial charge in [0.25, 0.3) is 0 Å². The number of nitrogens with zero attached hydrogens (tertiary/aromatic N) is 4. The Morgan fingerprint density at radius 3 is 2.93 bits per heavy atom. The molecular formula is C30H28ClF3N6O3S. The van der Waals surface area contributed by atoms with E-state index < -0.39 is 23.3 Å². The molecule has 0 radical (unpaired) electrons. The summed E-state index contributed by atoms with van der Waals surface area (Å²) in [6.07, 6.45) is 1.18. The predicted octanol–water partition coefficient (Wildman–Crippen LogP) is 4.95. The van der Waals surface area contributed by atoms with Crippen molar-refractivity contribution in [1.82, 2.24) is 20.2 Å². The van der Waals surface area contributed by atoms with Crippen LogP contribution < -0.4 is 20.5 Å². The number of aliphatic hydroxyl groups is 1. The molecule has 0 unspecified atom stereocenters. The highest BCUT2D eigenvalue weighted by molar-refractivity contribution is 7.23. The number of anilines is 1. The second-order valence-electron chi connectivity index (χ2n) is 11.6. The first-order chi connectivity index (χ1) is 21.2. The van der Waals surface area contributed by atoms with Crippen molar-refractivity contribution in [3.05, 3.63) is 40.4 Å². The molecule has 0 bridgehead atoms. The van der Waals surface area contributed by atoms with Gasteiger partial charge in [-0.05, 0) is 37.1 Å². The number of aliphatic hydroxyl groups excluding tert-OH is 1. The highest BCUT2D eigenvalue weighted by atomic mass is 35.5. The van der Waals surface area contributed by atoms with Crippen molar-refractivity contribution in [3.8, 4) is 29.1 Å². The monoisotopic (exact) mass is 644 g/mol. The molecule has 7 rings (SSSR count). The van der Waals surface area contributed by atoms with Crippen molar-refractivity contribution in [2.24, 2.45) is 0 Å². The zero-order valence-corrected chi connectivity index (χ0v) is 25.0. The molecule has 0 saturated carbocycles. The number of hydrogen-bond acceptors (Lipinski definition) is 10. The summed E-state index contributed by atoms with van der Waals surface area (Å²) < 4.78 is 58.2. The molecule has 0 aliphatic carbocycles. The van der Waals surface area contributed by atoms with Crippen LogP contribution in [0.25, 0.3) is 32.1 Å². The molecule has 230 valence electrons. The second-order valence-corrected chi connectivity index (χ2v) is 13.1. The van der Waals surface area contributed by atoms with Gasteiger partial charge in [-0.1, -0.05) is 17.7 Å². The lowest BCUT2D eigenvalue weighted by molar-refractivity contribution is 0.106. The van der Waals surface area contributed by atoms with Crippen molar-refractivity contribution < 1.29 is 27.8 Å². The zero-order valence-electron chi connectivity index (χ0n) is 23.4. The van der Waals surface area contributed by atoms with E-state index in [0.717, 1.165) is 30.7 Å². The number of nitrogens with two attached hydrogens (primary N) is 1. The Labute approximate surface area is 259 Å². The van der Waals surface area contributed by atoms with Crippen LogP contribution in [0, 0.1) is 23.0 Å². The lowest BCUT2D eigenvalue weighted by atomic mass is 9.95. The van der Waals surface area contributed by atoms with Gasteiger partial charge in [0.1, 0.15) is 41.3 Å². The van der Waals surface area contributed by atoms with Gasteiger partial charge in [-0.3, -0.25) is 4.90 Å². The molecular weight excluding hydrogens is 617 g/mol. The Balaban J connectivity index is 1.36. The van der Waals surface area contributed by atoms with Crippen molar-refractivity contribution >= 4 is 48.9 Å². The summed E-state index contributed by atoms with van der Waals surface area (Å²) in [4.78, 5) is 11.0. The van der Waals surface area contributed by atoms with Crippen molar-refractivity contribution in [2.45, 2.75) is 49.5 Å². The summed E-state index contributed by atoms with van der Waals surface area (Å²) in [5.74, 6) is -1.39. The predicted molar refractivity (Wildman–Crippen MR) is 161 cm³/mol. The molecule has 2 aromatic carbocycles. The van der Waals surface area contributed by atoms with E-state index in [1.165, 1.54) is 18.2 Å². The van der Waals surface area contributed by atoms with Crippen LogP contribution in [0.3, 0.4) is 0 Å². The largest absolute Gasteiger partial charge is 0.472 e. The van der Waals surface area contributed by atoms with Crippen LogP contribution in [0.4, 0.5) is 18.2 Å². The number of alkyl halides is 1. The number of nitrogens with one attached hydrogen (secondary N) is 1. The molecule has 2 aromatic heterocycles. The standard InChI is InChI=1S/C30H28ClF3N6O3S/c31-20-7-18-25(24(34)23(20)17-2-3-21(33)26-22(17)19(9-35)27(36)44-26)38-29(39-28(18)43-16-6-15(12-41)37-10-16)42-13-30-4-1-5-40(30)11-14(32)8-30/h2-3,7,14-16,37,41H,1,4-6,8,10-13,36H2/t14-,15-,16+,30+/m1/s1. The normalized spacial score (nSPS) is 25.1. The van der Waals surface area contributed by atoms with Gasteiger partial charge in [0.2, 0.25) is 5.88 Å². The third kappa shape index (κ3) is 4.80. The number of benzene rings is 2. The number of rotatable bonds is 7. The maximum atomic E-state index is 16.7. The number of fused-ring (bicyclic) bond motifs is 3. The quantitative estimate of drug-likeness (QED) is 0.256. The highest BCUT2D eigenvalue weighted by Crippen LogP contribution is 2.46. The van der Waals surface area contributed by atoms with Gasteiger partial charge in [0, 0.05) is 42.9 Å². The Bertz CT molecular complexity index is 1840. The van der Waals surface area contributed by atoms with Crippen molar-refractivity contribution in [3.63, 3.8) is 0 Å².